The summed E-state index contributed by atoms with van der Waals surface area (Å²) in [4.78, 5) is 0. The van der Waals surface area contributed by atoms with E-state index in [9.17, 15) is 0 Å². The third-order valence-electron chi connectivity index (χ3n) is 11.2. The van der Waals surface area contributed by atoms with E-state index in [2.05, 4.69) is 152 Å². The summed E-state index contributed by atoms with van der Waals surface area (Å²) in [5.74, 6) is 0.839. The summed E-state index contributed by atoms with van der Waals surface area (Å²) >= 11 is 0. The summed E-state index contributed by atoms with van der Waals surface area (Å²) in [6.07, 6.45) is 27.2. The van der Waals surface area contributed by atoms with Crippen molar-refractivity contribution in [2.45, 2.75) is 75.2 Å². The Bertz CT molecular complexity index is 1980. The smallest absolute Gasteiger partial charge is 0.0303 e. The van der Waals surface area contributed by atoms with Crippen LogP contribution in [0.4, 0.5) is 0 Å². The highest BCUT2D eigenvalue weighted by Crippen LogP contribution is 2.43. The predicted octanol–water partition coefficient (Wildman–Crippen LogP) is 13.3. The molecule has 3 aliphatic rings. The van der Waals surface area contributed by atoms with E-state index >= 15 is 0 Å². The Labute approximate surface area is 306 Å². The molecule has 4 aromatic rings. The molecule has 2 N–H and O–H groups in total. The van der Waals surface area contributed by atoms with Crippen LogP contribution in [0.3, 0.4) is 0 Å². The van der Waals surface area contributed by atoms with E-state index in [1.807, 2.05) is 0 Å². The minimum atomic E-state index is -0.151. The monoisotopic (exact) mass is 665 g/mol. The van der Waals surface area contributed by atoms with E-state index in [0.717, 1.165) is 42.4 Å². The average molecular weight is 666 g/mol. The van der Waals surface area contributed by atoms with Gasteiger partial charge in [0.2, 0.25) is 0 Å². The lowest BCUT2D eigenvalue weighted by molar-refractivity contribution is 0.592. The Morgan fingerprint density at radius 1 is 0.647 bits per heavy atom. The number of rotatable bonds is 11. The van der Waals surface area contributed by atoms with Crippen LogP contribution in [-0.4, -0.2) is 0 Å². The summed E-state index contributed by atoms with van der Waals surface area (Å²) in [6.45, 7) is 9.49. The quantitative estimate of drug-likeness (QED) is 0.125. The second-order valence-corrected chi connectivity index (χ2v) is 14.5. The first-order valence-corrected chi connectivity index (χ1v) is 18.9. The largest absolute Gasteiger partial charge is 0.324 e. The molecule has 1 heteroatoms. The van der Waals surface area contributed by atoms with Gasteiger partial charge >= 0.3 is 0 Å². The van der Waals surface area contributed by atoms with E-state index in [0.29, 0.717) is 11.8 Å². The number of nitrogens with two attached hydrogens (primary N) is 1. The van der Waals surface area contributed by atoms with E-state index in [4.69, 9.17) is 18.9 Å². The van der Waals surface area contributed by atoms with Gasteiger partial charge in [-0.15, -0.1) is 0 Å². The van der Waals surface area contributed by atoms with Gasteiger partial charge in [-0.05, 0) is 113 Å². The first-order chi connectivity index (χ1) is 25.0. The van der Waals surface area contributed by atoms with Crippen LogP contribution in [0.2, 0.25) is 0 Å². The standard InChI is InChI=1S/C50H51N/c1-36(45-22-15-23-46(34-45)48-25-14-13-24-47(48)42-20-11-6-12-21-42)37(2)49(43-30-26-40(27-31-43)38-16-7-3-4-8-17-38)35-50(51)44-32-28-41(29-33-44)39-18-9-5-10-19-39/h3,5,7,9-11,13-16,18-20,22-33,42,46,49-50H,1-2,4,6,8,12,17,21,34-35,51H2. The summed E-state index contributed by atoms with van der Waals surface area (Å²) in [6, 6.07) is 37.4. The molecule has 0 fully saturated rings. The lowest BCUT2D eigenvalue weighted by Gasteiger charge is -2.29. The van der Waals surface area contributed by atoms with Crippen LogP contribution >= 0.6 is 0 Å². The van der Waals surface area contributed by atoms with Crippen molar-refractivity contribution in [3.05, 3.63) is 209 Å². The van der Waals surface area contributed by atoms with Gasteiger partial charge in [-0.1, -0.05) is 165 Å². The number of benzene rings is 4. The molecule has 0 saturated carbocycles. The van der Waals surface area contributed by atoms with Gasteiger partial charge in [0.1, 0.15) is 0 Å². The average Bonchev–Trinajstić information content (AvgIpc) is 3.50. The number of hydrogen-bond donors (Lipinski definition) is 1. The Hall–Kier alpha value is -4.98. The molecule has 256 valence electrons. The lowest BCUT2D eigenvalue weighted by atomic mass is 9.75. The third-order valence-corrected chi connectivity index (χ3v) is 11.2. The highest BCUT2D eigenvalue weighted by atomic mass is 14.6. The maximum Gasteiger partial charge on any atom is 0.0303 e. The summed E-state index contributed by atoms with van der Waals surface area (Å²) in [7, 11) is 0. The van der Waals surface area contributed by atoms with Crippen molar-refractivity contribution in [1.82, 2.24) is 0 Å². The molecule has 4 aromatic carbocycles. The van der Waals surface area contributed by atoms with Crippen LogP contribution in [0.5, 0.6) is 0 Å². The molecule has 0 aromatic heterocycles. The SMILES string of the molecule is C=C(C(=C)C(CC(N)c1ccc(-c2ccccc2)cc1)c1ccc(C2=CC=CCCC2)cc1)C1=CC=CC(c2ccccc2C2C=CCCC2)C1. The second-order valence-electron chi connectivity index (χ2n) is 14.5. The molecule has 0 spiro atoms. The second kappa shape index (κ2) is 16.4. The Balaban J connectivity index is 1.14. The fourth-order valence-electron chi connectivity index (χ4n) is 8.16. The molecule has 0 aliphatic heterocycles. The van der Waals surface area contributed by atoms with Gasteiger partial charge in [-0.3, -0.25) is 0 Å². The molecule has 0 bridgehead atoms. The molecule has 0 saturated heterocycles. The van der Waals surface area contributed by atoms with Crippen LogP contribution in [0.25, 0.3) is 16.7 Å². The topological polar surface area (TPSA) is 26.0 Å². The molecule has 51 heavy (non-hydrogen) atoms. The van der Waals surface area contributed by atoms with Crippen molar-refractivity contribution >= 4 is 5.57 Å². The van der Waals surface area contributed by atoms with Crippen LogP contribution < -0.4 is 5.73 Å². The first-order valence-electron chi connectivity index (χ1n) is 18.9. The zero-order chi connectivity index (χ0) is 35.0. The van der Waals surface area contributed by atoms with Crippen LogP contribution in [0, 0.1) is 0 Å². The van der Waals surface area contributed by atoms with Crippen LogP contribution in [0.15, 0.2) is 182 Å². The Morgan fingerprint density at radius 2 is 1.31 bits per heavy atom. The first kappa shape index (κ1) is 34.5. The normalized spacial score (nSPS) is 19.8. The van der Waals surface area contributed by atoms with Crippen molar-refractivity contribution in [3.8, 4) is 11.1 Å². The van der Waals surface area contributed by atoms with Crippen molar-refractivity contribution in [1.29, 1.82) is 0 Å². The molecular formula is C50H51N. The highest BCUT2D eigenvalue weighted by molar-refractivity contribution is 5.68. The van der Waals surface area contributed by atoms with E-state index in [1.165, 1.54) is 70.2 Å². The lowest BCUT2D eigenvalue weighted by Crippen LogP contribution is -2.17. The van der Waals surface area contributed by atoms with Crippen LogP contribution in [0.1, 0.15) is 103 Å². The van der Waals surface area contributed by atoms with Crippen molar-refractivity contribution < 1.29 is 0 Å². The summed E-state index contributed by atoms with van der Waals surface area (Å²) in [5.41, 5.74) is 20.8. The van der Waals surface area contributed by atoms with Gasteiger partial charge in [-0.25, -0.2) is 0 Å². The van der Waals surface area contributed by atoms with E-state index < -0.39 is 0 Å². The molecule has 4 atom stereocenters. The van der Waals surface area contributed by atoms with Crippen LogP contribution in [-0.2, 0) is 0 Å². The van der Waals surface area contributed by atoms with Gasteiger partial charge in [-0.2, -0.15) is 0 Å². The van der Waals surface area contributed by atoms with Gasteiger partial charge in [0, 0.05) is 23.8 Å². The number of allylic oxidation sites excluding steroid dienone is 12. The third kappa shape index (κ3) is 8.16. The summed E-state index contributed by atoms with van der Waals surface area (Å²) < 4.78 is 0. The highest BCUT2D eigenvalue weighted by Gasteiger charge is 2.26. The fraction of sp³-hybridized carbons (Fsp3) is 0.240. The maximum atomic E-state index is 7.07. The minimum absolute atomic E-state index is 0.0308. The fourth-order valence-corrected chi connectivity index (χ4v) is 8.16. The van der Waals surface area contributed by atoms with E-state index in [1.54, 1.807) is 0 Å². The van der Waals surface area contributed by atoms with Crippen molar-refractivity contribution in [3.63, 3.8) is 0 Å². The molecule has 1 nitrogen and oxygen atoms in total. The Morgan fingerprint density at radius 3 is 2.06 bits per heavy atom. The van der Waals surface area contributed by atoms with Gasteiger partial charge in [0.05, 0.1) is 0 Å². The molecule has 3 aliphatic carbocycles. The molecule has 0 radical (unpaired) electrons. The minimum Gasteiger partial charge on any atom is -0.324 e. The zero-order valence-corrected chi connectivity index (χ0v) is 29.9. The molecule has 7 rings (SSSR count). The molecule has 0 heterocycles. The molecule has 0 amide bonds. The summed E-state index contributed by atoms with van der Waals surface area (Å²) in [5, 5.41) is 0. The van der Waals surface area contributed by atoms with E-state index in [-0.39, 0.29) is 12.0 Å². The van der Waals surface area contributed by atoms with Crippen molar-refractivity contribution in [2.75, 3.05) is 0 Å². The maximum absolute atomic E-state index is 7.07. The number of hydrogen-bond acceptors (Lipinski definition) is 1. The molecule has 4 unspecified atom stereocenters. The molecular weight excluding hydrogens is 615 g/mol. The van der Waals surface area contributed by atoms with Gasteiger partial charge in [0.15, 0.2) is 0 Å². The Kier molecular flexibility index (Phi) is 11.1. The van der Waals surface area contributed by atoms with Gasteiger partial charge in [0.25, 0.3) is 0 Å². The van der Waals surface area contributed by atoms with Crippen molar-refractivity contribution in [2.24, 2.45) is 5.73 Å². The predicted molar refractivity (Wildman–Crippen MR) is 219 cm³/mol. The van der Waals surface area contributed by atoms with Gasteiger partial charge < -0.3 is 5.73 Å². The zero-order valence-electron chi connectivity index (χ0n) is 29.9.